The minimum Gasteiger partial charge on any atom is -0.330 e. The highest BCUT2D eigenvalue weighted by Gasteiger charge is 2.00. The van der Waals surface area contributed by atoms with Gasteiger partial charge in [-0.25, -0.2) is 0 Å². The average molecular weight is 209 g/mol. The van der Waals surface area contributed by atoms with E-state index in [0.717, 1.165) is 25.0 Å². The third kappa shape index (κ3) is 6.10. The summed E-state index contributed by atoms with van der Waals surface area (Å²) >= 11 is 0. The van der Waals surface area contributed by atoms with E-state index in [1.807, 2.05) is 13.8 Å². The Kier molecular flexibility index (Phi) is 7.69. The smallest absolute Gasteiger partial charge is 0.223 e. The summed E-state index contributed by atoms with van der Waals surface area (Å²) in [6.45, 7) is 8.12. The maximum absolute atomic E-state index is 11.2. The molecule has 0 bridgehead atoms. The topological polar surface area (TPSA) is 29.1 Å². The standard InChI is InChI=1S/C13H23NO/c1-5-9-11(6-2)10-12(7-3)14-13(15)8-4/h6,10H,5,7-9H2,1-4H3,(H,14,15)/b11-6-,12-10+. The lowest BCUT2D eigenvalue weighted by Crippen LogP contribution is -2.21. The number of hydrogen-bond acceptors (Lipinski definition) is 1. The van der Waals surface area contributed by atoms with Crippen molar-refractivity contribution in [3.05, 3.63) is 23.4 Å². The van der Waals surface area contributed by atoms with E-state index in [1.54, 1.807) is 0 Å². The second kappa shape index (κ2) is 8.27. The maximum atomic E-state index is 11.2. The second-order valence-electron chi connectivity index (χ2n) is 3.54. The van der Waals surface area contributed by atoms with Crippen molar-refractivity contribution >= 4 is 5.91 Å². The summed E-state index contributed by atoms with van der Waals surface area (Å²) in [5.74, 6) is 0.0926. The zero-order valence-electron chi connectivity index (χ0n) is 10.4. The summed E-state index contributed by atoms with van der Waals surface area (Å²) < 4.78 is 0. The number of allylic oxidation sites excluding steroid dienone is 4. The molecular formula is C13H23NO. The Morgan fingerprint density at radius 1 is 1.20 bits per heavy atom. The zero-order valence-corrected chi connectivity index (χ0v) is 10.4. The van der Waals surface area contributed by atoms with Gasteiger partial charge < -0.3 is 5.32 Å². The van der Waals surface area contributed by atoms with Crippen molar-refractivity contribution in [1.82, 2.24) is 5.32 Å². The predicted molar refractivity (Wildman–Crippen MR) is 65.5 cm³/mol. The Bertz CT molecular complexity index is 251. The van der Waals surface area contributed by atoms with Crippen LogP contribution in [0.5, 0.6) is 0 Å². The van der Waals surface area contributed by atoms with Crippen molar-refractivity contribution in [1.29, 1.82) is 0 Å². The van der Waals surface area contributed by atoms with Crippen LogP contribution in [-0.2, 0) is 4.79 Å². The third-order valence-electron chi connectivity index (χ3n) is 2.27. The molecule has 0 aliphatic heterocycles. The fourth-order valence-corrected chi connectivity index (χ4v) is 1.31. The third-order valence-corrected chi connectivity index (χ3v) is 2.27. The second-order valence-corrected chi connectivity index (χ2v) is 3.54. The Morgan fingerprint density at radius 3 is 2.27 bits per heavy atom. The van der Waals surface area contributed by atoms with Crippen LogP contribution < -0.4 is 5.32 Å². The average Bonchev–Trinajstić information content (AvgIpc) is 2.26. The zero-order chi connectivity index (χ0) is 11.7. The van der Waals surface area contributed by atoms with Crippen LogP contribution in [0.1, 0.15) is 53.4 Å². The largest absolute Gasteiger partial charge is 0.330 e. The van der Waals surface area contributed by atoms with E-state index in [9.17, 15) is 4.79 Å². The molecule has 1 amide bonds. The number of rotatable bonds is 6. The molecule has 0 aliphatic rings. The van der Waals surface area contributed by atoms with E-state index in [1.165, 1.54) is 5.57 Å². The van der Waals surface area contributed by atoms with Gasteiger partial charge in [0.15, 0.2) is 0 Å². The molecule has 0 unspecified atom stereocenters. The first-order chi connectivity index (χ1) is 7.17. The summed E-state index contributed by atoms with van der Waals surface area (Å²) in [7, 11) is 0. The van der Waals surface area contributed by atoms with Crippen molar-refractivity contribution in [3.63, 3.8) is 0 Å². The van der Waals surface area contributed by atoms with Gasteiger partial charge in [0.2, 0.25) is 5.91 Å². The first kappa shape index (κ1) is 13.9. The monoisotopic (exact) mass is 209 g/mol. The number of amides is 1. The van der Waals surface area contributed by atoms with Crippen molar-refractivity contribution in [2.24, 2.45) is 0 Å². The van der Waals surface area contributed by atoms with Crippen LogP contribution in [0.3, 0.4) is 0 Å². The molecule has 0 atom stereocenters. The lowest BCUT2D eigenvalue weighted by atomic mass is 10.1. The van der Waals surface area contributed by atoms with Crippen LogP contribution in [0.25, 0.3) is 0 Å². The van der Waals surface area contributed by atoms with Crippen molar-refractivity contribution < 1.29 is 4.79 Å². The summed E-state index contributed by atoms with van der Waals surface area (Å²) in [6, 6.07) is 0. The molecule has 1 N–H and O–H groups in total. The van der Waals surface area contributed by atoms with E-state index in [2.05, 4.69) is 31.3 Å². The highest BCUT2D eigenvalue weighted by Crippen LogP contribution is 2.10. The molecule has 86 valence electrons. The minimum atomic E-state index is 0.0926. The van der Waals surface area contributed by atoms with E-state index in [4.69, 9.17) is 0 Å². The van der Waals surface area contributed by atoms with Crippen LogP contribution in [0.15, 0.2) is 23.4 Å². The van der Waals surface area contributed by atoms with Gasteiger partial charge in [0.25, 0.3) is 0 Å². The van der Waals surface area contributed by atoms with Crippen LogP contribution in [-0.4, -0.2) is 5.91 Å². The van der Waals surface area contributed by atoms with Crippen LogP contribution in [0.4, 0.5) is 0 Å². The fraction of sp³-hybridized carbons (Fsp3) is 0.615. The van der Waals surface area contributed by atoms with Gasteiger partial charge in [-0.3, -0.25) is 4.79 Å². The summed E-state index contributed by atoms with van der Waals surface area (Å²) in [5, 5.41) is 2.92. The lowest BCUT2D eigenvalue weighted by Gasteiger charge is -2.08. The Morgan fingerprint density at radius 2 is 1.87 bits per heavy atom. The number of carbonyl (C=O) groups excluding carboxylic acids is 1. The van der Waals surface area contributed by atoms with Gasteiger partial charge in [-0.15, -0.1) is 0 Å². The van der Waals surface area contributed by atoms with Gasteiger partial charge in [0, 0.05) is 12.1 Å². The van der Waals surface area contributed by atoms with Gasteiger partial charge >= 0.3 is 0 Å². The maximum Gasteiger partial charge on any atom is 0.223 e. The predicted octanol–water partition coefficient (Wildman–Crippen LogP) is 3.55. The molecule has 0 saturated carbocycles. The van der Waals surface area contributed by atoms with E-state index in [-0.39, 0.29) is 5.91 Å². The van der Waals surface area contributed by atoms with Gasteiger partial charge in [0.1, 0.15) is 0 Å². The molecule has 0 saturated heterocycles. The molecule has 0 aromatic rings. The molecule has 0 spiro atoms. The van der Waals surface area contributed by atoms with Crippen molar-refractivity contribution in [3.8, 4) is 0 Å². The van der Waals surface area contributed by atoms with Gasteiger partial charge in [-0.05, 0) is 25.8 Å². The highest BCUT2D eigenvalue weighted by atomic mass is 16.1. The molecule has 0 fully saturated rings. The van der Waals surface area contributed by atoms with Crippen molar-refractivity contribution in [2.75, 3.05) is 0 Å². The van der Waals surface area contributed by atoms with E-state index < -0.39 is 0 Å². The Hall–Kier alpha value is -1.05. The fourth-order valence-electron chi connectivity index (χ4n) is 1.31. The minimum absolute atomic E-state index is 0.0926. The van der Waals surface area contributed by atoms with Crippen LogP contribution in [0, 0.1) is 0 Å². The first-order valence-electron chi connectivity index (χ1n) is 5.83. The molecule has 2 nitrogen and oxygen atoms in total. The summed E-state index contributed by atoms with van der Waals surface area (Å²) in [6.07, 6.45) is 7.81. The molecule has 0 aromatic carbocycles. The Balaban J connectivity index is 4.49. The molecule has 0 aliphatic carbocycles. The molecule has 0 radical (unpaired) electrons. The summed E-state index contributed by atoms with van der Waals surface area (Å²) in [4.78, 5) is 11.2. The number of nitrogens with one attached hydrogen (secondary N) is 1. The summed E-state index contributed by atoms with van der Waals surface area (Å²) in [5.41, 5.74) is 2.31. The number of hydrogen-bond donors (Lipinski definition) is 1. The van der Waals surface area contributed by atoms with E-state index >= 15 is 0 Å². The van der Waals surface area contributed by atoms with Crippen LogP contribution >= 0.6 is 0 Å². The van der Waals surface area contributed by atoms with Crippen LogP contribution in [0.2, 0.25) is 0 Å². The molecule has 0 aromatic heterocycles. The highest BCUT2D eigenvalue weighted by molar-refractivity contribution is 5.77. The first-order valence-corrected chi connectivity index (χ1v) is 5.83. The van der Waals surface area contributed by atoms with Crippen molar-refractivity contribution in [2.45, 2.75) is 53.4 Å². The molecule has 15 heavy (non-hydrogen) atoms. The number of carbonyl (C=O) groups is 1. The normalized spacial score (nSPS) is 12.8. The SMILES string of the molecule is C/C=C(\C=C(/CC)NC(=O)CC)CCC. The molecule has 2 heteroatoms. The lowest BCUT2D eigenvalue weighted by molar-refractivity contribution is -0.120. The molecular weight excluding hydrogens is 186 g/mol. The molecule has 0 rings (SSSR count). The van der Waals surface area contributed by atoms with Gasteiger partial charge in [-0.1, -0.05) is 38.8 Å². The van der Waals surface area contributed by atoms with E-state index in [0.29, 0.717) is 6.42 Å². The van der Waals surface area contributed by atoms with Gasteiger partial charge in [-0.2, -0.15) is 0 Å². The molecule has 0 heterocycles. The quantitative estimate of drug-likeness (QED) is 0.666. The van der Waals surface area contributed by atoms with Gasteiger partial charge in [0.05, 0.1) is 0 Å². The Labute approximate surface area is 93.5 Å².